The van der Waals surface area contributed by atoms with Crippen molar-refractivity contribution in [2.75, 3.05) is 6.61 Å². The van der Waals surface area contributed by atoms with Crippen LogP contribution in [0.4, 0.5) is 4.39 Å². The monoisotopic (exact) mass is 226 g/mol. The van der Waals surface area contributed by atoms with Crippen LogP contribution in [-0.4, -0.2) is 17.7 Å². The van der Waals surface area contributed by atoms with Crippen molar-refractivity contribution < 1.29 is 19.0 Å². The smallest absolute Gasteiger partial charge is 0.310 e. The van der Waals surface area contributed by atoms with Crippen LogP contribution in [0.25, 0.3) is 0 Å². The van der Waals surface area contributed by atoms with E-state index in [2.05, 4.69) is 0 Å². The highest BCUT2D eigenvalue weighted by molar-refractivity contribution is 5.70. The van der Waals surface area contributed by atoms with Gasteiger partial charge in [-0.25, -0.2) is 4.39 Å². The van der Waals surface area contributed by atoms with Crippen LogP contribution >= 0.6 is 0 Å². The average molecular weight is 226 g/mol. The number of para-hydroxylation sites is 1. The van der Waals surface area contributed by atoms with Gasteiger partial charge in [-0.3, -0.25) is 4.79 Å². The molecule has 0 heterocycles. The van der Waals surface area contributed by atoms with E-state index >= 15 is 0 Å². The predicted octanol–water partition coefficient (Wildman–Crippen LogP) is 2.56. The van der Waals surface area contributed by atoms with E-state index in [1.165, 1.54) is 12.1 Å². The lowest BCUT2D eigenvalue weighted by Gasteiger charge is -2.16. The van der Waals surface area contributed by atoms with E-state index in [0.717, 1.165) is 0 Å². The van der Waals surface area contributed by atoms with Crippen LogP contribution in [0.3, 0.4) is 0 Å². The molecule has 1 N–H and O–H groups in total. The summed E-state index contributed by atoms with van der Waals surface area (Å²) < 4.78 is 18.3. The molecule has 0 saturated heterocycles. The summed E-state index contributed by atoms with van der Waals surface area (Å²) >= 11 is 0. The second-order valence-electron chi connectivity index (χ2n) is 3.93. The van der Waals surface area contributed by atoms with Crippen LogP contribution in [0.15, 0.2) is 24.3 Å². The Morgan fingerprint density at radius 1 is 1.44 bits per heavy atom. The molecule has 0 spiro atoms. The molecule has 88 valence electrons. The van der Waals surface area contributed by atoms with Gasteiger partial charge >= 0.3 is 5.97 Å². The zero-order valence-electron chi connectivity index (χ0n) is 9.31. The van der Waals surface area contributed by atoms with Gasteiger partial charge in [0.15, 0.2) is 11.6 Å². The van der Waals surface area contributed by atoms with E-state index in [1.807, 2.05) is 0 Å². The molecular weight excluding hydrogens is 211 g/mol. The van der Waals surface area contributed by atoms with Gasteiger partial charge < -0.3 is 9.84 Å². The maximum absolute atomic E-state index is 13.2. The second kappa shape index (κ2) is 5.49. The van der Waals surface area contributed by atoms with Crippen LogP contribution in [0.1, 0.15) is 13.8 Å². The molecule has 0 aliphatic carbocycles. The summed E-state index contributed by atoms with van der Waals surface area (Å²) in [5, 5.41) is 8.92. The Balaban J connectivity index is 2.63. The zero-order valence-corrected chi connectivity index (χ0v) is 9.31. The van der Waals surface area contributed by atoms with Gasteiger partial charge in [-0.15, -0.1) is 0 Å². The highest BCUT2D eigenvalue weighted by Crippen LogP contribution is 2.18. The van der Waals surface area contributed by atoms with Gasteiger partial charge in [-0.2, -0.15) is 0 Å². The number of benzene rings is 1. The quantitative estimate of drug-likeness (QED) is 0.839. The van der Waals surface area contributed by atoms with Crippen LogP contribution in [0.2, 0.25) is 0 Å². The molecule has 0 radical (unpaired) electrons. The Labute approximate surface area is 93.9 Å². The largest absolute Gasteiger partial charge is 0.490 e. The number of aliphatic carboxylic acids is 1. The fraction of sp³-hybridized carbons (Fsp3) is 0.417. The van der Waals surface area contributed by atoms with Crippen molar-refractivity contribution in [3.05, 3.63) is 30.1 Å². The zero-order chi connectivity index (χ0) is 12.1. The summed E-state index contributed by atoms with van der Waals surface area (Å²) in [7, 11) is 0. The minimum Gasteiger partial charge on any atom is -0.490 e. The average Bonchev–Trinajstić information content (AvgIpc) is 2.20. The third kappa shape index (κ3) is 3.22. The van der Waals surface area contributed by atoms with Gasteiger partial charge in [0.2, 0.25) is 0 Å². The van der Waals surface area contributed by atoms with Crippen LogP contribution in [-0.2, 0) is 4.79 Å². The Morgan fingerprint density at radius 2 is 2.06 bits per heavy atom. The van der Waals surface area contributed by atoms with Crippen molar-refractivity contribution in [3.8, 4) is 5.75 Å². The first-order chi connectivity index (χ1) is 7.52. The summed E-state index contributed by atoms with van der Waals surface area (Å²) in [5.41, 5.74) is 0. The minimum atomic E-state index is -0.925. The molecule has 0 aliphatic heterocycles. The molecule has 1 aromatic carbocycles. The molecule has 1 atom stereocenters. The van der Waals surface area contributed by atoms with Gasteiger partial charge in [0.25, 0.3) is 0 Å². The van der Waals surface area contributed by atoms with Gasteiger partial charge in [0.05, 0.1) is 5.92 Å². The van der Waals surface area contributed by atoms with Crippen molar-refractivity contribution in [1.29, 1.82) is 0 Å². The number of carboxylic acid groups (broad SMARTS) is 1. The summed E-state index contributed by atoms with van der Waals surface area (Å²) in [4.78, 5) is 10.9. The molecule has 0 amide bonds. The van der Waals surface area contributed by atoms with Gasteiger partial charge in [-0.1, -0.05) is 26.0 Å². The predicted molar refractivity (Wildman–Crippen MR) is 57.9 cm³/mol. The summed E-state index contributed by atoms with van der Waals surface area (Å²) in [6.45, 7) is 3.57. The summed E-state index contributed by atoms with van der Waals surface area (Å²) in [6.07, 6.45) is 0. The molecule has 0 saturated carbocycles. The number of hydrogen-bond acceptors (Lipinski definition) is 2. The summed E-state index contributed by atoms with van der Waals surface area (Å²) in [5.74, 6) is -1.99. The van der Waals surface area contributed by atoms with E-state index in [1.54, 1.807) is 26.0 Å². The number of carboxylic acids is 1. The van der Waals surface area contributed by atoms with Crippen LogP contribution < -0.4 is 4.74 Å². The van der Waals surface area contributed by atoms with Gasteiger partial charge in [0.1, 0.15) is 6.61 Å². The highest BCUT2D eigenvalue weighted by atomic mass is 19.1. The minimum absolute atomic E-state index is 0.0199. The second-order valence-corrected chi connectivity index (χ2v) is 3.93. The summed E-state index contributed by atoms with van der Waals surface area (Å²) in [6, 6.07) is 5.96. The Bertz CT molecular complexity index is 363. The van der Waals surface area contributed by atoms with Gasteiger partial charge in [0, 0.05) is 0 Å². The van der Waals surface area contributed by atoms with Crippen molar-refractivity contribution >= 4 is 5.97 Å². The molecule has 3 nitrogen and oxygen atoms in total. The number of halogens is 1. The van der Waals surface area contributed by atoms with E-state index in [0.29, 0.717) is 0 Å². The molecule has 0 aromatic heterocycles. The Kier molecular flexibility index (Phi) is 4.28. The van der Waals surface area contributed by atoms with Crippen molar-refractivity contribution in [2.45, 2.75) is 13.8 Å². The SMILES string of the molecule is CC(C)C(COc1ccccc1F)C(=O)O. The molecular formula is C12H15FO3. The van der Waals surface area contributed by atoms with E-state index in [9.17, 15) is 9.18 Å². The first-order valence-corrected chi connectivity index (χ1v) is 5.12. The lowest BCUT2D eigenvalue weighted by Crippen LogP contribution is -2.26. The van der Waals surface area contributed by atoms with Crippen molar-refractivity contribution in [3.63, 3.8) is 0 Å². The number of hydrogen-bond donors (Lipinski definition) is 1. The molecule has 0 aliphatic rings. The molecule has 4 heteroatoms. The first-order valence-electron chi connectivity index (χ1n) is 5.12. The maximum atomic E-state index is 13.2. The molecule has 1 unspecified atom stereocenters. The standard InChI is InChI=1S/C12H15FO3/c1-8(2)9(12(14)15)7-16-11-6-4-3-5-10(11)13/h3-6,8-9H,7H2,1-2H3,(H,14,15). The van der Waals surface area contributed by atoms with Crippen LogP contribution in [0, 0.1) is 17.7 Å². The lowest BCUT2D eigenvalue weighted by molar-refractivity contribution is -0.144. The Morgan fingerprint density at radius 3 is 2.56 bits per heavy atom. The molecule has 0 bridgehead atoms. The Hall–Kier alpha value is -1.58. The number of ether oxygens (including phenoxy) is 1. The molecule has 1 aromatic rings. The fourth-order valence-electron chi connectivity index (χ4n) is 1.29. The van der Waals surface area contributed by atoms with Gasteiger partial charge in [-0.05, 0) is 18.1 Å². The molecule has 0 fully saturated rings. The first kappa shape index (κ1) is 12.5. The normalized spacial score (nSPS) is 12.5. The number of carbonyl (C=O) groups is 1. The molecule has 1 rings (SSSR count). The van der Waals surface area contributed by atoms with E-state index in [4.69, 9.17) is 9.84 Å². The third-order valence-corrected chi connectivity index (χ3v) is 2.38. The fourth-order valence-corrected chi connectivity index (χ4v) is 1.29. The lowest BCUT2D eigenvalue weighted by atomic mass is 9.97. The molecule has 16 heavy (non-hydrogen) atoms. The topological polar surface area (TPSA) is 46.5 Å². The van der Waals surface area contributed by atoms with Crippen LogP contribution in [0.5, 0.6) is 5.75 Å². The number of rotatable bonds is 5. The van der Waals surface area contributed by atoms with E-state index < -0.39 is 17.7 Å². The van der Waals surface area contributed by atoms with E-state index in [-0.39, 0.29) is 18.3 Å². The van der Waals surface area contributed by atoms with Crippen molar-refractivity contribution in [1.82, 2.24) is 0 Å². The van der Waals surface area contributed by atoms with Crippen molar-refractivity contribution in [2.24, 2.45) is 11.8 Å². The maximum Gasteiger partial charge on any atom is 0.310 e. The third-order valence-electron chi connectivity index (χ3n) is 2.38. The highest BCUT2D eigenvalue weighted by Gasteiger charge is 2.22.